The van der Waals surface area contributed by atoms with Crippen LogP contribution in [0.15, 0.2) is 12.4 Å². The molecule has 128 valence electrons. The van der Waals surface area contributed by atoms with Crippen LogP contribution in [0.1, 0.15) is 51.0 Å². The molecule has 1 saturated heterocycles. The summed E-state index contributed by atoms with van der Waals surface area (Å²) in [7, 11) is 0. The Hall–Kier alpha value is -1.36. The van der Waals surface area contributed by atoms with Crippen molar-refractivity contribution >= 4 is 5.91 Å². The second kappa shape index (κ2) is 6.63. The summed E-state index contributed by atoms with van der Waals surface area (Å²) < 4.78 is 2.04. The maximum atomic E-state index is 12.9. The first kappa shape index (κ1) is 16.5. The summed E-state index contributed by atoms with van der Waals surface area (Å²) in [5.74, 6) is 0.929. The number of aromatic nitrogens is 2. The van der Waals surface area contributed by atoms with E-state index in [1.54, 1.807) is 0 Å². The molecule has 2 aliphatic rings. The van der Waals surface area contributed by atoms with Gasteiger partial charge in [-0.25, -0.2) is 0 Å². The summed E-state index contributed by atoms with van der Waals surface area (Å²) in [5.41, 5.74) is 7.29. The standard InChI is InChI=1S/C18H30N4O/c1-14-11-20-22(12-14)13-15-6-9-21(10-7-15)17(23)16-5-3-4-8-18(16,2)19/h11-12,15-16H,3-10,13,19H2,1-2H3. The first-order valence-electron chi connectivity index (χ1n) is 9.02. The number of piperidine rings is 1. The van der Waals surface area contributed by atoms with Crippen LogP contribution < -0.4 is 5.73 Å². The van der Waals surface area contributed by atoms with Crippen molar-refractivity contribution in [2.75, 3.05) is 13.1 Å². The molecular formula is C18H30N4O. The molecule has 0 radical (unpaired) electrons. The van der Waals surface area contributed by atoms with Crippen molar-refractivity contribution in [3.05, 3.63) is 18.0 Å². The van der Waals surface area contributed by atoms with Crippen LogP contribution in [0.3, 0.4) is 0 Å². The van der Waals surface area contributed by atoms with Gasteiger partial charge in [-0.05, 0) is 51.0 Å². The summed E-state index contributed by atoms with van der Waals surface area (Å²) in [5, 5.41) is 4.38. The minimum Gasteiger partial charge on any atom is -0.342 e. The third-order valence-electron chi connectivity index (χ3n) is 5.69. The highest BCUT2D eigenvalue weighted by Crippen LogP contribution is 2.34. The Morgan fingerprint density at radius 1 is 1.35 bits per heavy atom. The highest BCUT2D eigenvalue weighted by atomic mass is 16.2. The van der Waals surface area contributed by atoms with Crippen molar-refractivity contribution in [3.8, 4) is 0 Å². The number of carbonyl (C=O) groups excluding carboxylic acids is 1. The molecule has 2 heterocycles. The van der Waals surface area contributed by atoms with Crippen LogP contribution in [0.25, 0.3) is 0 Å². The highest BCUT2D eigenvalue weighted by molar-refractivity contribution is 5.80. The zero-order valence-corrected chi connectivity index (χ0v) is 14.5. The minimum absolute atomic E-state index is 0.0153. The van der Waals surface area contributed by atoms with E-state index in [2.05, 4.69) is 30.0 Å². The van der Waals surface area contributed by atoms with Gasteiger partial charge in [-0.2, -0.15) is 5.10 Å². The SMILES string of the molecule is Cc1cnn(CC2CCN(C(=O)C3CCCCC3(C)N)CC2)c1. The lowest BCUT2D eigenvalue weighted by atomic mass is 9.73. The number of hydrogen-bond donors (Lipinski definition) is 1. The highest BCUT2D eigenvalue weighted by Gasteiger charge is 2.40. The van der Waals surface area contributed by atoms with Crippen LogP contribution in [0.2, 0.25) is 0 Å². The normalized spacial score (nSPS) is 29.7. The van der Waals surface area contributed by atoms with Gasteiger partial charge in [0, 0.05) is 31.4 Å². The van der Waals surface area contributed by atoms with E-state index < -0.39 is 0 Å². The Morgan fingerprint density at radius 2 is 2.09 bits per heavy atom. The maximum Gasteiger partial charge on any atom is 0.227 e. The van der Waals surface area contributed by atoms with Crippen LogP contribution >= 0.6 is 0 Å². The second-order valence-corrected chi connectivity index (χ2v) is 7.81. The fourth-order valence-electron chi connectivity index (χ4n) is 4.15. The lowest BCUT2D eigenvalue weighted by Crippen LogP contribution is -2.54. The van der Waals surface area contributed by atoms with Crippen LogP contribution in [0, 0.1) is 18.8 Å². The number of aryl methyl sites for hydroxylation is 1. The Labute approximate surface area is 139 Å². The lowest BCUT2D eigenvalue weighted by Gasteiger charge is -2.41. The molecule has 2 fully saturated rings. The smallest absolute Gasteiger partial charge is 0.227 e. The van der Waals surface area contributed by atoms with E-state index in [1.807, 2.05) is 10.9 Å². The molecule has 3 rings (SSSR count). The lowest BCUT2D eigenvalue weighted by molar-refractivity contribution is -0.140. The summed E-state index contributed by atoms with van der Waals surface area (Å²) in [6, 6.07) is 0. The second-order valence-electron chi connectivity index (χ2n) is 7.81. The Balaban J connectivity index is 1.53. The number of nitrogens with zero attached hydrogens (tertiary/aromatic N) is 3. The first-order chi connectivity index (χ1) is 11.0. The number of likely N-dealkylation sites (tertiary alicyclic amines) is 1. The molecule has 1 aliphatic carbocycles. The quantitative estimate of drug-likeness (QED) is 0.930. The average molecular weight is 318 g/mol. The third-order valence-corrected chi connectivity index (χ3v) is 5.69. The molecule has 23 heavy (non-hydrogen) atoms. The van der Waals surface area contributed by atoms with Crippen molar-refractivity contribution in [1.82, 2.24) is 14.7 Å². The van der Waals surface area contributed by atoms with Crippen molar-refractivity contribution < 1.29 is 4.79 Å². The number of carbonyl (C=O) groups is 1. The number of amides is 1. The zero-order chi connectivity index (χ0) is 16.4. The number of rotatable bonds is 3. The van der Waals surface area contributed by atoms with E-state index in [4.69, 9.17) is 5.73 Å². The van der Waals surface area contributed by atoms with Crippen LogP contribution in [-0.2, 0) is 11.3 Å². The first-order valence-corrected chi connectivity index (χ1v) is 9.02. The summed E-state index contributed by atoms with van der Waals surface area (Å²) in [4.78, 5) is 14.9. The molecular weight excluding hydrogens is 288 g/mol. The molecule has 5 heteroatoms. The molecule has 0 aromatic carbocycles. The van der Waals surface area contributed by atoms with E-state index in [9.17, 15) is 4.79 Å². The van der Waals surface area contributed by atoms with Crippen LogP contribution in [-0.4, -0.2) is 39.2 Å². The van der Waals surface area contributed by atoms with Gasteiger partial charge in [0.25, 0.3) is 0 Å². The molecule has 1 aliphatic heterocycles. The fraction of sp³-hybridized carbons (Fsp3) is 0.778. The molecule has 2 N–H and O–H groups in total. The molecule has 1 aromatic heterocycles. The van der Waals surface area contributed by atoms with Gasteiger partial charge in [0.1, 0.15) is 0 Å². The molecule has 0 bridgehead atoms. The summed E-state index contributed by atoms with van der Waals surface area (Å²) in [6.07, 6.45) is 10.4. The van der Waals surface area contributed by atoms with Gasteiger partial charge in [0.15, 0.2) is 0 Å². The van der Waals surface area contributed by atoms with E-state index >= 15 is 0 Å². The Bertz CT molecular complexity index is 543. The fourth-order valence-corrected chi connectivity index (χ4v) is 4.15. The van der Waals surface area contributed by atoms with Crippen LogP contribution in [0.5, 0.6) is 0 Å². The predicted molar refractivity (Wildman–Crippen MR) is 90.8 cm³/mol. The van der Waals surface area contributed by atoms with Gasteiger partial charge < -0.3 is 10.6 Å². The van der Waals surface area contributed by atoms with Crippen LogP contribution in [0.4, 0.5) is 0 Å². The Kier molecular flexibility index (Phi) is 4.76. The largest absolute Gasteiger partial charge is 0.342 e. The molecule has 2 atom stereocenters. The van der Waals surface area contributed by atoms with Gasteiger partial charge in [0.2, 0.25) is 5.91 Å². The van der Waals surface area contributed by atoms with E-state index in [0.29, 0.717) is 11.8 Å². The maximum absolute atomic E-state index is 12.9. The Morgan fingerprint density at radius 3 is 2.70 bits per heavy atom. The van der Waals surface area contributed by atoms with Gasteiger partial charge in [0.05, 0.1) is 12.1 Å². The molecule has 5 nitrogen and oxygen atoms in total. The molecule has 2 unspecified atom stereocenters. The molecule has 1 aromatic rings. The van der Waals surface area contributed by atoms with Crippen molar-refractivity contribution in [2.24, 2.45) is 17.6 Å². The van der Waals surface area contributed by atoms with Gasteiger partial charge in [-0.3, -0.25) is 9.48 Å². The van der Waals surface area contributed by atoms with E-state index in [1.165, 1.54) is 5.56 Å². The third kappa shape index (κ3) is 3.77. The number of nitrogens with two attached hydrogens (primary N) is 1. The van der Waals surface area contributed by atoms with Crippen molar-refractivity contribution in [2.45, 2.75) is 64.5 Å². The molecule has 0 spiro atoms. The monoisotopic (exact) mass is 318 g/mol. The van der Waals surface area contributed by atoms with Gasteiger partial charge >= 0.3 is 0 Å². The zero-order valence-electron chi connectivity index (χ0n) is 14.5. The topological polar surface area (TPSA) is 64.2 Å². The minimum atomic E-state index is -0.321. The molecule has 1 saturated carbocycles. The average Bonchev–Trinajstić information content (AvgIpc) is 2.92. The summed E-state index contributed by atoms with van der Waals surface area (Å²) in [6.45, 7) is 6.83. The van der Waals surface area contributed by atoms with E-state index in [-0.39, 0.29) is 11.5 Å². The predicted octanol–water partition coefficient (Wildman–Crippen LogP) is 2.34. The summed E-state index contributed by atoms with van der Waals surface area (Å²) >= 11 is 0. The van der Waals surface area contributed by atoms with Gasteiger partial charge in [-0.1, -0.05) is 12.8 Å². The van der Waals surface area contributed by atoms with Crippen molar-refractivity contribution in [3.63, 3.8) is 0 Å². The molecule has 1 amide bonds. The van der Waals surface area contributed by atoms with E-state index in [0.717, 1.165) is 58.2 Å². The van der Waals surface area contributed by atoms with Crippen molar-refractivity contribution in [1.29, 1.82) is 0 Å². The van der Waals surface area contributed by atoms with Gasteiger partial charge in [-0.15, -0.1) is 0 Å². The number of hydrogen-bond acceptors (Lipinski definition) is 3.